The normalized spacial score (nSPS) is 13.6. The Morgan fingerprint density at radius 1 is 1.27 bits per heavy atom. The fraction of sp³-hybridized carbons (Fsp3) is 0.214. The van der Waals surface area contributed by atoms with E-state index in [0.717, 1.165) is 11.0 Å². The van der Waals surface area contributed by atoms with Crippen LogP contribution in [0.15, 0.2) is 28.8 Å². The molecule has 0 spiro atoms. The number of fused-ring (bicyclic) bond motifs is 1. The van der Waals surface area contributed by atoms with Gasteiger partial charge in [-0.05, 0) is 6.07 Å². The second-order valence-electron chi connectivity index (χ2n) is 4.76. The molecule has 0 radical (unpaired) electrons. The standard InChI is InChI=1S/C14H11N3O5/c1-2-9-6-15-12(22-9)7-16-13(18)10-4-3-8(17(20)21)5-11(10)14(16)19/h3-6H,2,7H2,1H3. The number of carbonyl (C=O) groups excluding carboxylic acids is 2. The number of hydrogen-bond donors (Lipinski definition) is 0. The van der Waals surface area contributed by atoms with E-state index < -0.39 is 16.7 Å². The monoisotopic (exact) mass is 301 g/mol. The molecule has 0 aliphatic carbocycles. The molecule has 3 rings (SSSR count). The van der Waals surface area contributed by atoms with Crippen LogP contribution in [0.2, 0.25) is 0 Å². The van der Waals surface area contributed by atoms with Crippen molar-refractivity contribution in [1.29, 1.82) is 0 Å². The van der Waals surface area contributed by atoms with Crippen molar-refractivity contribution < 1.29 is 18.9 Å². The molecule has 8 heteroatoms. The lowest BCUT2D eigenvalue weighted by molar-refractivity contribution is -0.384. The Morgan fingerprint density at radius 2 is 2.00 bits per heavy atom. The fourth-order valence-electron chi connectivity index (χ4n) is 2.26. The van der Waals surface area contributed by atoms with E-state index in [1.165, 1.54) is 12.1 Å². The summed E-state index contributed by atoms with van der Waals surface area (Å²) in [5, 5.41) is 10.8. The van der Waals surface area contributed by atoms with Crippen molar-refractivity contribution in [2.24, 2.45) is 0 Å². The quantitative estimate of drug-likeness (QED) is 0.485. The van der Waals surface area contributed by atoms with Crippen LogP contribution >= 0.6 is 0 Å². The Balaban J connectivity index is 1.90. The number of rotatable bonds is 4. The van der Waals surface area contributed by atoms with Crippen molar-refractivity contribution in [2.45, 2.75) is 19.9 Å². The van der Waals surface area contributed by atoms with E-state index in [1.54, 1.807) is 6.20 Å². The number of benzene rings is 1. The highest BCUT2D eigenvalue weighted by Gasteiger charge is 2.37. The predicted molar refractivity (Wildman–Crippen MR) is 73.2 cm³/mol. The maximum atomic E-state index is 12.3. The number of hydrogen-bond acceptors (Lipinski definition) is 6. The van der Waals surface area contributed by atoms with Crippen LogP contribution in [0.4, 0.5) is 5.69 Å². The molecule has 0 bridgehead atoms. The highest BCUT2D eigenvalue weighted by atomic mass is 16.6. The Hall–Kier alpha value is -3.03. The molecule has 1 aromatic carbocycles. The molecule has 0 saturated carbocycles. The molecule has 0 fully saturated rings. The zero-order valence-corrected chi connectivity index (χ0v) is 11.6. The molecular formula is C14H11N3O5. The van der Waals surface area contributed by atoms with Gasteiger partial charge in [-0.15, -0.1) is 0 Å². The second kappa shape index (κ2) is 5.06. The van der Waals surface area contributed by atoms with Crippen LogP contribution in [0.1, 0.15) is 39.3 Å². The van der Waals surface area contributed by atoms with Crippen molar-refractivity contribution in [3.63, 3.8) is 0 Å². The van der Waals surface area contributed by atoms with Crippen molar-refractivity contribution >= 4 is 17.5 Å². The summed E-state index contributed by atoms with van der Waals surface area (Å²) in [6.07, 6.45) is 2.19. The average molecular weight is 301 g/mol. The molecule has 2 amide bonds. The zero-order valence-electron chi connectivity index (χ0n) is 11.6. The number of nitrogens with zero attached hydrogens (tertiary/aromatic N) is 3. The lowest BCUT2D eigenvalue weighted by atomic mass is 10.1. The maximum Gasteiger partial charge on any atom is 0.270 e. The molecule has 0 N–H and O–H groups in total. The third kappa shape index (κ3) is 2.14. The van der Waals surface area contributed by atoms with E-state index in [2.05, 4.69) is 4.98 Å². The minimum atomic E-state index is -0.609. The summed E-state index contributed by atoms with van der Waals surface area (Å²) in [7, 11) is 0. The molecule has 0 unspecified atom stereocenters. The van der Waals surface area contributed by atoms with E-state index in [4.69, 9.17) is 4.42 Å². The summed E-state index contributed by atoms with van der Waals surface area (Å²) in [6, 6.07) is 3.61. The predicted octanol–water partition coefficient (Wildman–Crippen LogP) is 1.94. The van der Waals surface area contributed by atoms with Crippen molar-refractivity contribution in [2.75, 3.05) is 0 Å². The van der Waals surface area contributed by atoms with Gasteiger partial charge in [0.1, 0.15) is 12.3 Å². The first kappa shape index (κ1) is 13.9. The van der Waals surface area contributed by atoms with Gasteiger partial charge in [0.05, 0.1) is 22.2 Å². The van der Waals surface area contributed by atoms with Gasteiger partial charge in [0.2, 0.25) is 5.89 Å². The van der Waals surface area contributed by atoms with Crippen LogP contribution in [0.5, 0.6) is 0 Å². The summed E-state index contributed by atoms with van der Waals surface area (Å²) < 4.78 is 5.39. The SMILES string of the molecule is CCc1cnc(CN2C(=O)c3ccc([N+](=O)[O-])cc3C2=O)o1. The van der Waals surface area contributed by atoms with Gasteiger partial charge in [-0.25, -0.2) is 4.98 Å². The third-order valence-electron chi connectivity index (χ3n) is 3.41. The van der Waals surface area contributed by atoms with Gasteiger partial charge in [0.25, 0.3) is 17.5 Å². The lowest BCUT2D eigenvalue weighted by Crippen LogP contribution is -2.29. The molecule has 1 aliphatic heterocycles. The highest BCUT2D eigenvalue weighted by Crippen LogP contribution is 2.27. The van der Waals surface area contributed by atoms with Gasteiger partial charge in [0, 0.05) is 18.6 Å². The van der Waals surface area contributed by atoms with Crippen molar-refractivity contribution in [3.8, 4) is 0 Å². The smallest absolute Gasteiger partial charge is 0.270 e. The van der Waals surface area contributed by atoms with Crippen LogP contribution in [-0.4, -0.2) is 26.6 Å². The summed E-state index contributed by atoms with van der Waals surface area (Å²) >= 11 is 0. The summed E-state index contributed by atoms with van der Waals surface area (Å²) in [5.74, 6) is -0.186. The van der Waals surface area contributed by atoms with Crippen LogP contribution in [0, 0.1) is 10.1 Å². The average Bonchev–Trinajstić information content (AvgIpc) is 3.06. The summed E-state index contributed by atoms with van der Waals surface area (Å²) in [6.45, 7) is 1.80. The van der Waals surface area contributed by atoms with E-state index >= 15 is 0 Å². The first-order valence-electron chi connectivity index (χ1n) is 6.59. The van der Waals surface area contributed by atoms with E-state index in [9.17, 15) is 19.7 Å². The molecule has 22 heavy (non-hydrogen) atoms. The first-order chi connectivity index (χ1) is 10.5. The number of aryl methyl sites for hydroxylation is 1. The number of aromatic nitrogens is 1. The number of amides is 2. The van der Waals surface area contributed by atoms with E-state index in [0.29, 0.717) is 12.2 Å². The zero-order chi connectivity index (χ0) is 15.9. The minimum absolute atomic E-state index is 0.0291. The number of carbonyl (C=O) groups is 2. The minimum Gasteiger partial charge on any atom is -0.444 e. The molecule has 112 valence electrons. The lowest BCUT2D eigenvalue weighted by Gasteiger charge is -2.10. The summed E-state index contributed by atoms with van der Waals surface area (Å²) in [5.41, 5.74) is -0.0505. The third-order valence-corrected chi connectivity index (χ3v) is 3.41. The van der Waals surface area contributed by atoms with Crippen LogP contribution < -0.4 is 0 Å². The van der Waals surface area contributed by atoms with Gasteiger partial charge in [-0.3, -0.25) is 24.6 Å². The van der Waals surface area contributed by atoms with E-state index in [1.807, 2.05) is 6.92 Å². The van der Waals surface area contributed by atoms with E-state index in [-0.39, 0.29) is 29.2 Å². The largest absolute Gasteiger partial charge is 0.444 e. The van der Waals surface area contributed by atoms with Crippen molar-refractivity contribution in [3.05, 3.63) is 57.3 Å². The number of nitro benzene ring substituents is 1. The van der Waals surface area contributed by atoms with Gasteiger partial charge >= 0.3 is 0 Å². The fourth-order valence-corrected chi connectivity index (χ4v) is 2.26. The highest BCUT2D eigenvalue weighted by molar-refractivity contribution is 6.21. The Kier molecular flexibility index (Phi) is 3.21. The molecule has 1 aliphatic rings. The van der Waals surface area contributed by atoms with Gasteiger partial charge in [0.15, 0.2) is 0 Å². The second-order valence-corrected chi connectivity index (χ2v) is 4.76. The van der Waals surface area contributed by atoms with Crippen LogP contribution in [-0.2, 0) is 13.0 Å². The number of non-ortho nitro benzene ring substituents is 1. The van der Waals surface area contributed by atoms with Gasteiger partial charge < -0.3 is 4.42 Å². The molecular weight excluding hydrogens is 290 g/mol. The Labute approximate surface area is 124 Å². The van der Waals surface area contributed by atoms with Crippen molar-refractivity contribution in [1.82, 2.24) is 9.88 Å². The van der Waals surface area contributed by atoms with Crippen LogP contribution in [0.25, 0.3) is 0 Å². The Bertz CT molecular complexity index is 796. The Morgan fingerprint density at radius 3 is 2.64 bits per heavy atom. The molecule has 1 aromatic heterocycles. The molecule has 0 atom stereocenters. The molecule has 0 saturated heterocycles. The van der Waals surface area contributed by atoms with Gasteiger partial charge in [-0.1, -0.05) is 6.92 Å². The number of imide groups is 1. The maximum absolute atomic E-state index is 12.3. The van der Waals surface area contributed by atoms with Crippen LogP contribution in [0.3, 0.4) is 0 Å². The number of oxazole rings is 1. The van der Waals surface area contributed by atoms with Gasteiger partial charge in [-0.2, -0.15) is 0 Å². The first-order valence-corrected chi connectivity index (χ1v) is 6.59. The topological polar surface area (TPSA) is 107 Å². The molecule has 8 nitrogen and oxygen atoms in total. The molecule has 2 aromatic rings. The summed E-state index contributed by atoms with van der Waals surface area (Å²) in [4.78, 5) is 39.6. The molecule has 2 heterocycles. The number of nitro groups is 1.